The molecule has 1 unspecified atom stereocenters. The van der Waals surface area contributed by atoms with Crippen molar-refractivity contribution in [2.75, 3.05) is 27.1 Å². The topological polar surface area (TPSA) is 30.3 Å². The Morgan fingerprint density at radius 1 is 1.42 bits per heavy atom. The minimum Gasteiger partial charge on any atom is -0.366 e. The van der Waals surface area contributed by atoms with E-state index in [0.717, 1.165) is 10.5 Å². The van der Waals surface area contributed by atoms with Gasteiger partial charge in [0.05, 0.1) is 15.0 Å². The van der Waals surface area contributed by atoms with Crippen LogP contribution in [0.2, 0.25) is 0 Å². The summed E-state index contributed by atoms with van der Waals surface area (Å²) in [7, 11) is 3.09. The van der Waals surface area contributed by atoms with Crippen molar-refractivity contribution in [3.05, 3.63) is 53.9 Å². The van der Waals surface area contributed by atoms with Crippen LogP contribution in [0.5, 0.6) is 0 Å². The molecule has 0 aliphatic rings. The summed E-state index contributed by atoms with van der Waals surface area (Å²) in [5.74, 6) is 0. The van der Waals surface area contributed by atoms with Crippen molar-refractivity contribution >= 4 is 0 Å². The zero-order valence-electron chi connectivity index (χ0n) is 16.1. The second-order valence-corrected chi connectivity index (χ2v) is 4.29. The second kappa shape index (κ2) is 6.50. The summed E-state index contributed by atoms with van der Waals surface area (Å²) in [4.78, 5) is 0.957. The van der Waals surface area contributed by atoms with E-state index in [0.29, 0.717) is 5.69 Å². The molecule has 4 heteroatoms. The highest BCUT2D eigenvalue weighted by Crippen LogP contribution is 2.25. The fourth-order valence-electron chi connectivity index (χ4n) is 1.79. The predicted molar refractivity (Wildman–Crippen MR) is 76.0 cm³/mol. The monoisotopic (exact) mass is 264 g/mol. The average molecular weight is 264 g/mol. The third-order valence-corrected chi connectivity index (χ3v) is 2.73. The van der Waals surface area contributed by atoms with Gasteiger partial charge in [0.15, 0.2) is 0 Å². The fraction of sp³-hybridized carbons (Fsp3) is 0.400. The van der Waals surface area contributed by atoms with Gasteiger partial charge in [0.1, 0.15) is 6.10 Å². The minimum atomic E-state index is -2.38. The zero-order valence-corrected chi connectivity index (χ0v) is 11.1. The normalized spacial score (nSPS) is 18.2. The average Bonchev–Trinajstić information content (AvgIpc) is 2.90. The largest absolute Gasteiger partial charge is 0.366 e. The quantitative estimate of drug-likeness (QED) is 0.800. The maximum absolute atomic E-state index is 8.11. The van der Waals surface area contributed by atoms with E-state index in [-0.39, 0.29) is 6.54 Å². The van der Waals surface area contributed by atoms with Crippen LogP contribution in [0, 0.1) is 0 Å². The predicted octanol–water partition coefficient (Wildman–Crippen LogP) is 2.09. The van der Waals surface area contributed by atoms with E-state index in [1.165, 1.54) is 7.05 Å². The molecule has 0 radical (unpaired) electrons. The van der Waals surface area contributed by atoms with Crippen molar-refractivity contribution in [2.45, 2.75) is 6.10 Å². The summed E-state index contributed by atoms with van der Waals surface area (Å²) in [6.07, 6.45) is 0.914. The standard InChI is InChI=1S/C15H21N3O/c1-17(2)11-12-19-15(13-7-5-4-6-8-13)14-9-10-16-18(14)3/h4-10,15H,11-12H2,1-3H3/i1D3,12D2. The Morgan fingerprint density at radius 3 is 2.84 bits per heavy atom. The van der Waals surface area contributed by atoms with E-state index < -0.39 is 19.6 Å². The number of aromatic nitrogens is 2. The lowest BCUT2D eigenvalue weighted by Gasteiger charge is -2.20. The van der Waals surface area contributed by atoms with Crippen molar-refractivity contribution in [3.8, 4) is 0 Å². The molecule has 0 aliphatic carbocycles. The number of hydrogen-bond acceptors (Lipinski definition) is 3. The smallest absolute Gasteiger partial charge is 0.124 e. The van der Waals surface area contributed by atoms with Gasteiger partial charge in [-0.2, -0.15) is 5.10 Å². The second-order valence-electron chi connectivity index (χ2n) is 4.29. The Morgan fingerprint density at radius 2 is 2.21 bits per heavy atom. The lowest BCUT2D eigenvalue weighted by atomic mass is 10.1. The molecule has 1 atom stereocenters. The molecule has 1 heterocycles. The molecular formula is C15H21N3O. The van der Waals surface area contributed by atoms with Crippen molar-refractivity contribution in [2.24, 2.45) is 7.05 Å². The molecule has 0 fully saturated rings. The van der Waals surface area contributed by atoms with Crippen molar-refractivity contribution in [3.63, 3.8) is 0 Å². The van der Waals surface area contributed by atoms with Crippen LogP contribution in [0.4, 0.5) is 0 Å². The Kier molecular flexibility index (Phi) is 2.91. The number of likely N-dealkylation sites (N-methyl/N-ethyl adjacent to an activating group) is 1. The molecule has 0 bridgehead atoms. The van der Waals surface area contributed by atoms with Gasteiger partial charge in [-0.15, -0.1) is 0 Å². The van der Waals surface area contributed by atoms with Crippen molar-refractivity contribution in [1.29, 1.82) is 0 Å². The Labute approximate surface area is 121 Å². The van der Waals surface area contributed by atoms with E-state index in [9.17, 15) is 0 Å². The number of hydrogen-bond donors (Lipinski definition) is 0. The van der Waals surface area contributed by atoms with Gasteiger partial charge in [0.25, 0.3) is 0 Å². The Bertz CT molecular complexity index is 657. The molecule has 0 spiro atoms. The first-order valence-corrected chi connectivity index (χ1v) is 6.02. The molecule has 0 saturated heterocycles. The third-order valence-electron chi connectivity index (χ3n) is 2.73. The number of ether oxygens (including phenoxy) is 1. The summed E-state index contributed by atoms with van der Waals surface area (Å²) in [5, 5.41) is 4.11. The van der Waals surface area contributed by atoms with Gasteiger partial charge in [-0.3, -0.25) is 4.68 Å². The first-order valence-electron chi connectivity index (χ1n) is 8.52. The van der Waals surface area contributed by atoms with Crippen LogP contribution in [0.3, 0.4) is 0 Å². The number of rotatable bonds is 6. The van der Waals surface area contributed by atoms with E-state index in [4.69, 9.17) is 11.6 Å². The number of aryl methyl sites for hydroxylation is 1. The molecular weight excluding hydrogens is 238 g/mol. The van der Waals surface area contributed by atoms with Crippen LogP contribution in [-0.2, 0) is 11.8 Å². The fourth-order valence-corrected chi connectivity index (χ4v) is 1.79. The summed E-state index contributed by atoms with van der Waals surface area (Å²) >= 11 is 0. The first kappa shape index (κ1) is 8.51. The van der Waals surface area contributed by atoms with Crippen LogP contribution in [0.15, 0.2) is 42.6 Å². The molecule has 0 N–H and O–H groups in total. The third kappa shape index (κ3) is 3.66. The molecule has 2 rings (SSSR count). The lowest BCUT2D eigenvalue weighted by Crippen LogP contribution is -2.20. The molecule has 0 amide bonds. The van der Waals surface area contributed by atoms with Crippen molar-refractivity contribution < 1.29 is 11.6 Å². The lowest BCUT2D eigenvalue weighted by molar-refractivity contribution is 0.0638. The van der Waals surface area contributed by atoms with Gasteiger partial charge < -0.3 is 9.64 Å². The van der Waals surface area contributed by atoms with Crippen LogP contribution < -0.4 is 0 Å². The minimum absolute atomic E-state index is 0.384. The maximum atomic E-state index is 8.11. The van der Waals surface area contributed by atoms with Gasteiger partial charge in [0, 0.05) is 23.9 Å². The summed E-state index contributed by atoms with van der Waals surface area (Å²) < 4.78 is 45.6. The number of nitrogens with zero attached hydrogens (tertiary/aromatic N) is 3. The molecule has 102 valence electrons. The molecule has 4 nitrogen and oxygen atoms in total. The van der Waals surface area contributed by atoms with Crippen LogP contribution in [0.25, 0.3) is 0 Å². The summed E-state index contributed by atoms with van der Waals surface area (Å²) in [5.41, 5.74) is 1.45. The van der Waals surface area contributed by atoms with E-state index in [1.54, 1.807) is 24.0 Å². The molecule has 2 aromatic rings. The molecule has 0 aliphatic heterocycles. The molecule has 0 saturated carbocycles. The number of benzene rings is 1. The highest BCUT2D eigenvalue weighted by atomic mass is 16.5. The van der Waals surface area contributed by atoms with Crippen LogP contribution >= 0.6 is 0 Å². The van der Waals surface area contributed by atoms with Gasteiger partial charge in [-0.25, -0.2) is 0 Å². The van der Waals surface area contributed by atoms with Gasteiger partial charge >= 0.3 is 0 Å². The van der Waals surface area contributed by atoms with Crippen molar-refractivity contribution in [1.82, 2.24) is 14.7 Å². The highest BCUT2D eigenvalue weighted by molar-refractivity contribution is 5.25. The Balaban J connectivity index is 2.27. The highest BCUT2D eigenvalue weighted by Gasteiger charge is 2.17. The van der Waals surface area contributed by atoms with E-state index in [2.05, 4.69) is 5.10 Å². The SMILES string of the molecule is [2H]C([2H])(CN(C)C([2H])([2H])[2H])OC(c1ccccc1)c1ccnn1C. The van der Waals surface area contributed by atoms with E-state index in [1.807, 2.05) is 30.3 Å². The first-order chi connectivity index (χ1) is 11.1. The molecule has 1 aromatic heterocycles. The summed E-state index contributed by atoms with van der Waals surface area (Å²) in [6.45, 7) is -4.93. The van der Waals surface area contributed by atoms with Gasteiger partial charge in [0.2, 0.25) is 0 Å². The van der Waals surface area contributed by atoms with Gasteiger partial charge in [-0.1, -0.05) is 30.3 Å². The molecule has 19 heavy (non-hydrogen) atoms. The van der Waals surface area contributed by atoms with E-state index >= 15 is 0 Å². The van der Waals surface area contributed by atoms with Crippen LogP contribution in [-0.4, -0.2) is 41.8 Å². The van der Waals surface area contributed by atoms with Gasteiger partial charge in [-0.05, 0) is 25.7 Å². The van der Waals surface area contributed by atoms with Crippen LogP contribution in [0.1, 0.15) is 24.2 Å². The maximum Gasteiger partial charge on any atom is 0.124 e. The summed E-state index contributed by atoms with van der Waals surface area (Å²) in [6, 6.07) is 11.0. The Hall–Kier alpha value is -1.65. The zero-order chi connectivity index (χ0) is 18.0. The molecule has 1 aromatic carbocycles.